The van der Waals surface area contributed by atoms with Crippen LogP contribution >= 0.6 is 11.3 Å². The summed E-state index contributed by atoms with van der Waals surface area (Å²) in [6.45, 7) is 3.03. The molecule has 1 aromatic carbocycles. The average molecular weight is 395 g/mol. The van der Waals surface area contributed by atoms with Crippen LogP contribution in [-0.4, -0.2) is 15.9 Å². The number of non-ortho nitro benzene ring substituents is 1. The number of thiophene rings is 1. The molecule has 0 aliphatic rings. The number of benzene rings is 1. The number of hydrogen-bond acceptors (Lipinski definition) is 5. The van der Waals surface area contributed by atoms with Crippen molar-refractivity contribution in [1.82, 2.24) is 15.6 Å². The first kappa shape index (κ1) is 19.5. The first-order chi connectivity index (χ1) is 13.6. The number of nitrogens with zero attached hydrogens (tertiary/aromatic N) is 3. The van der Waals surface area contributed by atoms with Crippen molar-refractivity contribution in [1.29, 1.82) is 0 Å². The molecule has 2 heterocycles. The largest absolute Gasteiger partial charge is 0.351 e. The van der Waals surface area contributed by atoms with E-state index in [0.717, 1.165) is 11.3 Å². The van der Waals surface area contributed by atoms with Gasteiger partial charge in [0, 0.05) is 23.2 Å². The first-order valence-electron chi connectivity index (χ1n) is 8.83. The molecule has 3 aromatic rings. The lowest BCUT2D eigenvalue weighted by Crippen LogP contribution is -2.38. The summed E-state index contributed by atoms with van der Waals surface area (Å²) < 4.78 is 0. The van der Waals surface area contributed by atoms with Gasteiger partial charge in [0.15, 0.2) is 5.96 Å². The lowest BCUT2D eigenvalue weighted by atomic mass is 10.2. The summed E-state index contributed by atoms with van der Waals surface area (Å²) in [7, 11) is 0. The normalized spacial score (nSPS) is 12.4. The molecule has 2 aromatic heterocycles. The molecule has 7 nitrogen and oxygen atoms in total. The summed E-state index contributed by atoms with van der Waals surface area (Å²) in [6, 6.07) is 16.4. The molecule has 1 unspecified atom stereocenters. The number of aliphatic imine (C=N–C) groups is 1. The Balaban J connectivity index is 1.70. The molecular weight excluding hydrogens is 374 g/mol. The molecule has 0 fully saturated rings. The minimum Gasteiger partial charge on any atom is -0.351 e. The van der Waals surface area contributed by atoms with Gasteiger partial charge in [0.25, 0.3) is 5.69 Å². The minimum absolute atomic E-state index is 0.0747. The van der Waals surface area contributed by atoms with Crippen LogP contribution in [0.4, 0.5) is 5.69 Å². The minimum atomic E-state index is -0.406. The molecule has 0 spiro atoms. The van der Waals surface area contributed by atoms with Crippen LogP contribution in [0.25, 0.3) is 0 Å². The van der Waals surface area contributed by atoms with Crippen LogP contribution in [0, 0.1) is 10.1 Å². The second-order valence-electron chi connectivity index (χ2n) is 6.14. The molecule has 8 heteroatoms. The SMILES string of the molecule is CC(NC(=NCc1ccc([N+](=O)[O-])cc1)NCc1ccccn1)c1cccs1. The van der Waals surface area contributed by atoms with Gasteiger partial charge in [-0.05, 0) is 36.1 Å². The van der Waals surface area contributed by atoms with Crippen molar-refractivity contribution in [2.45, 2.75) is 26.1 Å². The molecule has 144 valence electrons. The fraction of sp³-hybridized carbons (Fsp3) is 0.200. The summed E-state index contributed by atoms with van der Waals surface area (Å²) in [4.78, 5) is 20.5. The number of nitrogens with one attached hydrogen (secondary N) is 2. The fourth-order valence-corrected chi connectivity index (χ4v) is 3.27. The molecule has 0 saturated heterocycles. The van der Waals surface area contributed by atoms with Crippen molar-refractivity contribution in [2.24, 2.45) is 4.99 Å². The second-order valence-corrected chi connectivity index (χ2v) is 7.12. The third-order valence-electron chi connectivity index (χ3n) is 4.05. The van der Waals surface area contributed by atoms with Gasteiger partial charge in [-0.2, -0.15) is 0 Å². The summed E-state index contributed by atoms with van der Waals surface area (Å²) >= 11 is 1.68. The maximum atomic E-state index is 10.8. The van der Waals surface area contributed by atoms with Crippen molar-refractivity contribution < 1.29 is 4.92 Å². The van der Waals surface area contributed by atoms with Gasteiger partial charge in [-0.25, -0.2) is 4.99 Å². The molecule has 0 aliphatic heterocycles. The number of nitro benzene ring substituents is 1. The Morgan fingerprint density at radius 1 is 1.21 bits per heavy atom. The maximum Gasteiger partial charge on any atom is 0.269 e. The monoisotopic (exact) mass is 395 g/mol. The van der Waals surface area contributed by atoms with Gasteiger partial charge in [0.1, 0.15) is 0 Å². The van der Waals surface area contributed by atoms with Gasteiger partial charge < -0.3 is 10.6 Å². The molecular formula is C20H21N5O2S. The number of hydrogen-bond donors (Lipinski definition) is 2. The van der Waals surface area contributed by atoms with Gasteiger partial charge in [-0.15, -0.1) is 11.3 Å². The third kappa shape index (κ3) is 5.62. The Hall–Kier alpha value is -3.26. The predicted molar refractivity (Wildman–Crippen MR) is 111 cm³/mol. The molecule has 3 rings (SSSR count). The predicted octanol–water partition coefficient (Wildman–Crippen LogP) is 4.05. The van der Waals surface area contributed by atoms with E-state index in [1.807, 2.05) is 29.6 Å². The Morgan fingerprint density at radius 3 is 2.68 bits per heavy atom. The standard InChI is InChI=1S/C20H21N5O2S/c1-15(19-6-4-12-28-19)24-20(23-14-17-5-2-3-11-21-17)22-13-16-7-9-18(10-8-16)25(26)27/h2-12,15H,13-14H2,1H3,(H2,22,23,24). The van der Waals surface area contributed by atoms with Crippen LogP contribution in [0.1, 0.15) is 29.1 Å². The molecule has 0 radical (unpaired) electrons. The lowest BCUT2D eigenvalue weighted by Gasteiger charge is -2.17. The summed E-state index contributed by atoms with van der Waals surface area (Å²) in [5.41, 5.74) is 1.88. The van der Waals surface area contributed by atoms with E-state index in [0.29, 0.717) is 19.0 Å². The molecule has 0 aliphatic carbocycles. The quantitative estimate of drug-likeness (QED) is 0.272. The Kier molecular flexibility index (Phi) is 6.69. The topological polar surface area (TPSA) is 92.5 Å². The van der Waals surface area contributed by atoms with Gasteiger partial charge >= 0.3 is 0 Å². The van der Waals surface area contributed by atoms with Crippen LogP contribution in [0.3, 0.4) is 0 Å². The highest BCUT2D eigenvalue weighted by Gasteiger charge is 2.10. The highest BCUT2D eigenvalue weighted by molar-refractivity contribution is 7.10. The summed E-state index contributed by atoms with van der Waals surface area (Å²) in [6.07, 6.45) is 1.76. The Bertz CT molecular complexity index is 912. The Morgan fingerprint density at radius 2 is 2.04 bits per heavy atom. The van der Waals surface area contributed by atoms with Crippen LogP contribution in [0.5, 0.6) is 0 Å². The fourth-order valence-electron chi connectivity index (χ4n) is 2.54. The average Bonchev–Trinajstić information content (AvgIpc) is 3.26. The molecule has 0 amide bonds. The Labute approximate surface area is 167 Å². The van der Waals surface area contributed by atoms with E-state index in [9.17, 15) is 10.1 Å². The van der Waals surface area contributed by atoms with E-state index in [4.69, 9.17) is 0 Å². The summed E-state index contributed by atoms with van der Waals surface area (Å²) in [5.74, 6) is 0.657. The maximum absolute atomic E-state index is 10.8. The van der Waals surface area contributed by atoms with Crippen molar-refractivity contribution in [3.8, 4) is 0 Å². The zero-order valence-electron chi connectivity index (χ0n) is 15.4. The van der Waals surface area contributed by atoms with E-state index < -0.39 is 4.92 Å². The van der Waals surface area contributed by atoms with Crippen molar-refractivity contribution >= 4 is 23.0 Å². The highest BCUT2D eigenvalue weighted by atomic mass is 32.1. The van der Waals surface area contributed by atoms with E-state index >= 15 is 0 Å². The third-order valence-corrected chi connectivity index (χ3v) is 5.11. The second kappa shape index (κ2) is 9.61. The molecule has 28 heavy (non-hydrogen) atoms. The van der Waals surface area contributed by atoms with E-state index in [1.54, 1.807) is 29.7 Å². The van der Waals surface area contributed by atoms with Gasteiger partial charge in [0.2, 0.25) is 0 Å². The zero-order valence-corrected chi connectivity index (χ0v) is 16.2. The smallest absolute Gasteiger partial charge is 0.269 e. The van der Waals surface area contributed by atoms with Crippen LogP contribution in [0.15, 0.2) is 71.2 Å². The lowest BCUT2D eigenvalue weighted by molar-refractivity contribution is -0.384. The number of pyridine rings is 1. The highest BCUT2D eigenvalue weighted by Crippen LogP contribution is 2.18. The number of guanidine groups is 1. The number of rotatable bonds is 7. The van der Waals surface area contributed by atoms with E-state index in [1.165, 1.54) is 17.0 Å². The zero-order chi connectivity index (χ0) is 19.8. The molecule has 0 bridgehead atoms. The molecule has 2 N–H and O–H groups in total. The number of nitro groups is 1. The van der Waals surface area contributed by atoms with Crippen LogP contribution < -0.4 is 10.6 Å². The van der Waals surface area contributed by atoms with Crippen molar-refractivity contribution in [2.75, 3.05) is 0 Å². The van der Waals surface area contributed by atoms with Crippen LogP contribution in [-0.2, 0) is 13.1 Å². The van der Waals surface area contributed by atoms with E-state index in [-0.39, 0.29) is 11.7 Å². The van der Waals surface area contributed by atoms with Gasteiger partial charge in [-0.3, -0.25) is 15.1 Å². The van der Waals surface area contributed by atoms with Gasteiger partial charge in [-0.1, -0.05) is 24.3 Å². The summed E-state index contributed by atoms with van der Waals surface area (Å²) in [5, 5.41) is 19.5. The molecule has 1 atom stereocenters. The van der Waals surface area contributed by atoms with Crippen LogP contribution in [0.2, 0.25) is 0 Å². The van der Waals surface area contributed by atoms with E-state index in [2.05, 4.69) is 33.6 Å². The first-order valence-corrected chi connectivity index (χ1v) is 9.71. The number of aromatic nitrogens is 1. The van der Waals surface area contributed by atoms with Crippen molar-refractivity contribution in [3.05, 3.63) is 92.4 Å². The molecule has 0 saturated carbocycles. The van der Waals surface area contributed by atoms with Gasteiger partial charge in [0.05, 0.1) is 29.7 Å². The van der Waals surface area contributed by atoms with Crippen molar-refractivity contribution in [3.63, 3.8) is 0 Å².